The summed E-state index contributed by atoms with van der Waals surface area (Å²) in [7, 11) is 1.34. The first-order valence-corrected chi connectivity index (χ1v) is 8.96. The summed E-state index contributed by atoms with van der Waals surface area (Å²) in [5.74, 6) is -2.47. The molecule has 3 amide bonds. The highest BCUT2D eigenvalue weighted by Gasteiger charge is 2.33. The van der Waals surface area contributed by atoms with Gasteiger partial charge in [0.25, 0.3) is 0 Å². The fourth-order valence-electron chi connectivity index (χ4n) is 3.00. The monoisotopic (exact) mass is 442 g/mol. The van der Waals surface area contributed by atoms with Crippen molar-refractivity contribution in [2.75, 3.05) is 30.5 Å². The van der Waals surface area contributed by atoms with E-state index < -0.39 is 35.9 Å². The van der Waals surface area contributed by atoms with E-state index in [4.69, 9.17) is 4.74 Å². The highest BCUT2D eigenvalue weighted by molar-refractivity contribution is 6.08. The normalized spacial score (nSPS) is 14.5. The predicted molar refractivity (Wildman–Crippen MR) is 101 cm³/mol. The molecule has 0 saturated carbocycles. The van der Waals surface area contributed by atoms with E-state index in [9.17, 15) is 27.2 Å². The summed E-state index contributed by atoms with van der Waals surface area (Å²) in [5, 5.41) is 5.21. The van der Waals surface area contributed by atoms with Gasteiger partial charge in [-0.3, -0.25) is 9.69 Å². The van der Waals surface area contributed by atoms with E-state index in [0.717, 1.165) is 22.6 Å². The number of amides is 3. The highest BCUT2D eigenvalue weighted by Crippen LogP contribution is 2.30. The van der Waals surface area contributed by atoms with Gasteiger partial charge in [-0.1, -0.05) is 6.07 Å². The third kappa shape index (κ3) is 5.40. The number of benzene rings is 1. The van der Waals surface area contributed by atoms with Gasteiger partial charge in [-0.25, -0.2) is 14.2 Å². The van der Waals surface area contributed by atoms with Gasteiger partial charge >= 0.3 is 12.4 Å². The van der Waals surface area contributed by atoms with Crippen molar-refractivity contribution in [1.82, 2.24) is 10.3 Å². The van der Waals surface area contributed by atoms with Crippen LogP contribution in [0.15, 0.2) is 30.5 Å². The summed E-state index contributed by atoms with van der Waals surface area (Å²) < 4.78 is 59.8. The van der Waals surface area contributed by atoms with Crippen LogP contribution in [-0.2, 0) is 9.53 Å². The molecule has 0 fully saturated rings. The van der Waals surface area contributed by atoms with Crippen LogP contribution in [0.2, 0.25) is 0 Å². The van der Waals surface area contributed by atoms with Crippen molar-refractivity contribution in [2.45, 2.75) is 19.3 Å². The van der Waals surface area contributed by atoms with Crippen LogP contribution in [0.4, 0.5) is 33.9 Å². The van der Waals surface area contributed by atoms with Crippen LogP contribution in [0.5, 0.6) is 5.75 Å². The number of nitrogens with one attached hydrogen (secondary N) is 2. The maximum Gasteiger partial charge on any atom is 0.573 e. The molecule has 2 aromatic rings. The van der Waals surface area contributed by atoms with Crippen LogP contribution in [0.25, 0.3) is 0 Å². The smallest absolute Gasteiger partial charge is 0.403 e. The molecule has 1 aliphatic rings. The molecule has 2 heterocycles. The standard InChI is InChI=1S/C19H18F4N4O4/c1-10-5-13-17(24-7-10)27(8-16(28)25-13)18(29)26-14(9-30-2)11-3-4-15(12(20)6-11)31-19(21,22)23/h3-7,14H,8-9H2,1-2H3,(H,25,28)(H,26,29). The summed E-state index contributed by atoms with van der Waals surface area (Å²) in [5.41, 5.74) is 1.27. The molecule has 1 atom stereocenters. The number of pyridine rings is 1. The third-order valence-corrected chi connectivity index (χ3v) is 4.30. The van der Waals surface area contributed by atoms with Crippen molar-refractivity contribution < 1.29 is 36.6 Å². The average molecular weight is 442 g/mol. The minimum Gasteiger partial charge on any atom is -0.403 e. The van der Waals surface area contributed by atoms with Gasteiger partial charge in [-0.15, -0.1) is 13.2 Å². The lowest BCUT2D eigenvalue weighted by atomic mass is 10.1. The minimum atomic E-state index is -5.05. The number of fused-ring (bicyclic) bond motifs is 1. The van der Waals surface area contributed by atoms with Crippen LogP contribution in [0, 0.1) is 12.7 Å². The van der Waals surface area contributed by atoms with Crippen LogP contribution >= 0.6 is 0 Å². The van der Waals surface area contributed by atoms with Crippen molar-refractivity contribution in [2.24, 2.45) is 0 Å². The fourth-order valence-corrected chi connectivity index (χ4v) is 3.00. The number of nitrogens with zero attached hydrogens (tertiary/aromatic N) is 2. The van der Waals surface area contributed by atoms with Gasteiger partial charge in [0.2, 0.25) is 5.91 Å². The van der Waals surface area contributed by atoms with Crippen LogP contribution in [-0.4, -0.2) is 43.5 Å². The predicted octanol–water partition coefficient (Wildman–Crippen LogP) is 3.28. The Kier molecular flexibility index (Phi) is 6.29. The summed E-state index contributed by atoms with van der Waals surface area (Å²) in [4.78, 5) is 30.1. The number of halogens is 4. The van der Waals surface area contributed by atoms with Crippen LogP contribution in [0.3, 0.4) is 0 Å². The lowest BCUT2D eigenvalue weighted by Crippen LogP contribution is -2.49. The molecule has 12 heteroatoms. The zero-order chi connectivity index (χ0) is 22.8. The summed E-state index contributed by atoms with van der Waals surface area (Å²) >= 11 is 0. The molecule has 0 spiro atoms. The lowest BCUT2D eigenvalue weighted by molar-refractivity contribution is -0.275. The molecule has 1 unspecified atom stereocenters. The molecule has 8 nitrogen and oxygen atoms in total. The molecule has 1 aliphatic heterocycles. The van der Waals surface area contributed by atoms with Gasteiger partial charge in [0.1, 0.15) is 6.54 Å². The molecule has 1 aromatic heterocycles. The van der Waals surface area contributed by atoms with Gasteiger partial charge in [-0.05, 0) is 36.2 Å². The second-order valence-electron chi connectivity index (χ2n) is 6.71. The first-order valence-electron chi connectivity index (χ1n) is 8.96. The number of urea groups is 1. The quantitative estimate of drug-likeness (QED) is 0.694. The van der Waals surface area contributed by atoms with E-state index in [-0.39, 0.29) is 24.5 Å². The second kappa shape index (κ2) is 8.76. The Hall–Kier alpha value is -3.41. The second-order valence-corrected chi connectivity index (χ2v) is 6.71. The lowest BCUT2D eigenvalue weighted by Gasteiger charge is -2.30. The van der Waals surface area contributed by atoms with Crippen molar-refractivity contribution in [3.63, 3.8) is 0 Å². The molecular formula is C19H18F4N4O4. The van der Waals surface area contributed by atoms with E-state index in [1.54, 1.807) is 13.0 Å². The van der Waals surface area contributed by atoms with Crippen molar-refractivity contribution >= 4 is 23.4 Å². The molecule has 0 radical (unpaired) electrons. The first kappa shape index (κ1) is 22.3. The molecule has 2 N–H and O–H groups in total. The van der Waals surface area contributed by atoms with Gasteiger partial charge in [0, 0.05) is 13.3 Å². The number of methoxy groups -OCH3 is 1. The molecule has 0 saturated heterocycles. The molecule has 31 heavy (non-hydrogen) atoms. The molecule has 3 rings (SSSR count). The molecule has 1 aromatic carbocycles. The zero-order valence-electron chi connectivity index (χ0n) is 16.4. The fraction of sp³-hybridized carbons (Fsp3) is 0.316. The number of carbonyl (C=O) groups excluding carboxylic acids is 2. The van der Waals surface area contributed by atoms with Gasteiger partial charge < -0.3 is 20.1 Å². The third-order valence-electron chi connectivity index (χ3n) is 4.30. The number of hydrogen-bond donors (Lipinski definition) is 2. The van der Waals surface area contributed by atoms with Crippen molar-refractivity contribution in [3.8, 4) is 5.75 Å². The molecule has 0 bridgehead atoms. The van der Waals surface area contributed by atoms with Crippen molar-refractivity contribution in [3.05, 3.63) is 47.4 Å². The Bertz CT molecular complexity index is 999. The van der Waals surface area contributed by atoms with Gasteiger partial charge in [0.05, 0.1) is 18.3 Å². The van der Waals surface area contributed by atoms with Gasteiger partial charge in [0.15, 0.2) is 17.4 Å². The van der Waals surface area contributed by atoms with Crippen molar-refractivity contribution in [1.29, 1.82) is 0 Å². The molecule has 166 valence electrons. The van der Waals surface area contributed by atoms with E-state index in [1.165, 1.54) is 19.4 Å². The number of anilines is 2. The topological polar surface area (TPSA) is 92.8 Å². The van der Waals surface area contributed by atoms with Crippen LogP contribution < -0.4 is 20.3 Å². The van der Waals surface area contributed by atoms with E-state index in [0.29, 0.717) is 5.69 Å². The van der Waals surface area contributed by atoms with Crippen LogP contribution in [0.1, 0.15) is 17.2 Å². The van der Waals surface area contributed by atoms with E-state index in [1.807, 2.05) is 0 Å². The summed E-state index contributed by atoms with van der Waals surface area (Å²) in [6.45, 7) is 1.36. The summed E-state index contributed by atoms with van der Waals surface area (Å²) in [6, 6.07) is 2.80. The summed E-state index contributed by atoms with van der Waals surface area (Å²) in [6.07, 6.45) is -3.52. The average Bonchev–Trinajstić information content (AvgIpc) is 2.67. The Labute approximate surface area is 174 Å². The van der Waals surface area contributed by atoms with E-state index >= 15 is 0 Å². The maximum absolute atomic E-state index is 14.1. The highest BCUT2D eigenvalue weighted by atomic mass is 19.4. The Morgan fingerprint density at radius 1 is 1.35 bits per heavy atom. The minimum absolute atomic E-state index is 0.112. The Morgan fingerprint density at radius 3 is 2.74 bits per heavy atom. The number of ether oxygens (including phenoxy) is 2. The number of carbonyl (C=O) groups is 2. The number of aromatic nitrogens is 1. The largest absolute Gasteiger partial charge is 0.573 e. The number of hydrogen-bond acceptors (Lipinski definition) is 5. The van der Waals surface area contributed by atoms with E-state index in [2.05, 4.69) is 20.4 Å². The number of aryl methyl sites for hydroxylation is 1. The van der Waals surface area contributed by atoms with Gasteiger partial charge in [-0.2, -0.15) is 0 Å². The zero-order valence-corrected chi connectivity index (χ0v) is 16.4. The Morgan fingerprint density at radius 2 is 2.10 bits per heavy atom. The maximum atomic E-state index is 14.1. The SMILES string of the molecule is COCC(NC(=O)N1CC(=O)Nc2cc(C)cnc21)c1ccc(OC(F)(F)F)c(F)c1. The molecule has 0 aliphatic carbocycles. The number of rotatable bonds is 5. The number of alkyl halides is 3. The molecular weight excluding hydrogens is 424 g/mol. The Balaban J connectivity index is 1.83. The first-order chi connectivity index (χ1) is 14.6.